The van der Waals surface area contributed by atoms with Crippen molar-refractivity contribution in [1.29, 1.82) is 0 Å². The molecule has 0 unspecified atom stereocenters. The van der Waals surface area contributed by atoms with Crippen LogP contribution in [0.3, 0.4) is 0 Å². The Kier molecular flexibility index (Phi) is 5.99. The predicted molar refractivity (Wildman–Crippen MR) is 97.7 cm³/mol. The molecular formula is C19H21ClN2O2. The summed E-state index contributed by atoms with van der Waals surface area (Å²) >= 11 is 5.98. The van der Waals surface area contributed by atoms with Crippen molar-refractivity contribution in [1.82, 2.24) is 5.32 Å². The van der Waals surface area contributed by atoms with Crippen molar-refractivity contribution < 1.29 is 9.59 Å². The number of rotatable bonds is 5. The van der Waals surface area contributed by atoms with Crippen LogP contribution in [0.25, 0.3) is 0 Å². The van der Waals surface area contributed by atoms with Crippen LogP contribution in [-0.4, -0.2) is 18.4 Å². The number of halogens is 1. The molecule has 2 rings (SSSR count). The van der Waals surface area contributed by atoms with E-state index in [4.69, 9.17) is 11.6 Å². The quantitative estimate of drug-likeness (QED) is 0.856. The molecule has 0 spiro atoms. The zero-order valence-electron chi connectivity index (χ0n) is 14.0. The molecule has 0 aromatic heterocycles. The lowest BCUT2D eigenvalue weighted by Crippen LogP contribution is -2.33. The number of carbonyl (C=O) groups is 2. The normalized spacial score (nSPS) is 10.5. The van der Waals surface area contributed by atoms with E-state index in [2.05, 4.69) is 24.5 Å². The molecule has 2 aromatic rings. The molecular weight excluding hydrogens is 324 g/mol. The molecule has 0 aliphatic rings. The first kappa shape index (κ1) is 18.0. The number of anilines is 1. The van der Waals surface area contributed by atoms with E-state index in [1.54, 1.807) is 24.3 Å². The Morgan fingerprint density at radius 2 is 1.79 bits per heavy atom. The van der Waals surface area contributed by atoms with Gasteiger partial charge in [0.15, 0.2) is 0 Å². The highest BCUT2D eigenvalue weighted by Crippen LogP contribution is 2.27. The summed E-state index contributed by atoms with van der Waals surface area (Å²) in [5, 5.41) is 5.85. The Hall–Kier alpha value is -2.33. The van der Waals surface area contributed by atoms with Crippen LogP contribution in [0.2, 0.25) is 5.02 Å². The summed E-state index contributed by atoms with van der Waals surface area (Å²) < 4.78 is 0. The second kappa shape index (κ2) is 7.97. The van der Waals surface area contributed by atoms with Crippen LogP contribution in [0.1, 0.15) is 41.3 Å². The average molecular weight is 345 g/mol. The van der Waals surface area contributed by atoms with Gasteiger partial charge in [-0.05, 0) is 36.1 Å². The molecule has 4 nitrogen and oxygen atoms in total. The van der Waals surface area contributed by atoms with Gasteiger partial charge in [0.05, 0.1) is 17.1 Å². The second-order valence-electron chi connectivity index (χ2n) is 5.90. The lowest BCUT2D eigenvalue weighted by atomic mass is 9.98. The molecule has 0 saturated heterocycles. The van der Waals surface area contributed by atoms with Crippen LogP contribution in [0.4, 0.5) is 5.69 Å². The molecule has 0 fully saturated rings. The Morgan fingerprint density at radius 3 is 2.46 bits per heavy atom. The number of aryl methyl sites for hydroxylation is 1. The highest BCUT2D eigenvalue weighted by molar-refractivity contribution is 6.33. The predicted octanol–water partition coefficient (Wildman–Crippen LogP) is 4.14. The first-order valence-electron chi connectivity index (χ1n) is 7.82. The van der Waals surface area contributed by atoms with Crippen LogP contribution >= 0.6 is 11.6 Å². The Bertz CT molecular complexity index is 757. The smallest absolute Gasteiger partial charge is 0.253 e. The highest BCUT2D eigenvalue weighted by Gasteiger charge is 2.14. The summed E-state index contributed by atoms with van der Waals surface area (Å²) in [6, 6.07) is 12.6. The topological polar surface area (TPSA) is 58.2 Å². The summed E-state index contributed by atoms with van der Waals surface area (Å²) in [6.07, 6.45) is 0. The lowest BCUT2D eigenvalue weighted by Gasteiger charge is -2.16. The fourth-order valence-electron chi connectivity index (χ4n) is 2.43. The van der Waals surface area contributed by atoms with Gasteiger partial charge in [0.2, 0.25) is 5.91 Å². The molecule has 2 amide bonds. The molecule has 2 N–H and O–H groups in total. The van der Waals surface area contributed by atoms with Crippen molar-refractivity contribution in [3.8, 4) is 0 Å². The van der Waals surface area contributed by atoms with Gasteiger partial charge >= 0.3 is 0 Å². The maximum atomic E-state index is 12.2. The van der Waals surface area contributed by atoms with Gasteiger partial charge in [0.25, 0.3) is 5.91 Å². The van der Waals surface area contributed by atoms with E-state index in [0.29, 0.717) is 10.6 Å². The molecule has 0 atom stereocenters. The van der Waals surface area contributed by atoms with Gasteiger partial charge in [0, 0.05) is 5.69 Å². The minimum atomic E-state index is -0.371. The Labute approximate surface area is 147 Å². The third-order valence-electron chi connectivity index (χ3n) is 3.72. The minimum Gasteiger partial charge on any atom is -0.343 e. The van der Waals surface area contributed by atoms with Crippen molar-refractivity contribution in [2.45, 2.75) is 26.7 Å². The van der Waals surface area contributed by atoms with Gasteiger partial charge in [-0.2, -0.15) is 0 Å². The molecule has 0 saturated carbocycles. The van der Waals surface area contributed by atoms with Gasteiger partial charge in [-0.3, -0.25) is 9.59 Å². The number of hydrogen-bond acceptors (Lipinski definition) is 2. The summed E-state index contributed by atoms with van der Waals surface area (Å²) in [5.41, 5.74) is 3.22. The fraction of sp³-hybridized carbons (Fsp3) is 0.263. The van der Waals surface area contributed by atoms with Crippen LogP contribution in [0.15, 0.2) is 42.5 Å². The van der Waals surface area contributed by atoms with Crippen molar-refractivity contribution in [3.05, 3.63) is 64.2 Å². The van der Waals surface area contributed by atoms with Crippen molar-refractivity contribution in [3.63, 3.8) is 0 Å². The molecule has 24 heavy (non-hydrogen) atoms. The monoisotopic (exact) mass is 344 g/mol. The summed E-state index contributed by atoms with van der Waals surface area (Å²) in [7, 11) is 0. The summed E-state index contributed by atoms with van der Waals surface area (Å²) in [6.45, 7) is 5.98. The molecule has 0 aliphatic heterocycles. The first-order chi connectivity index (χ1) is 11.4. The minimum absolute atomic E-state index is 0.115. The lowest BCUT2D eigenvalue weighted by molar-refractivity contribution is -0.115. The van der Waals surface area contributed by atoms with E-state index in [1.165, 1.54) is 0 Å². The third-order valence-corrected chi connectivity index (χ3v) is 4.05. The number of carbonyl (C=O) groups excluding carboxylic acids is 2. The number of amides is 2. The Morgan fingerprint density at radius 1 is 1.08 bits per heavy atom. The Balaban J connectivity index is 2.02. The first-order valence-corrected chi connectivity index (χ1v) is 8.20. The van der Waals surface area contributed by atoms with E-state index in [9.17, 15) is 9.59 Å². The van der Waals surface area contributed by atoms with E-state index in [-0.39, 0.29) is 24.3 Å². The zero-order valence-corrected chi connectivity index (χ0v) is 14.8. The van der Waals surface area contributed by atoms with Crippen LogP contribution in [0.5, 0.6) is 0 Å². The van der Waals surface area contributed by atoms with Gasteiger partial charge in [-0.1, -0.05) is 55.8 Å². The number of nitrogens with one attached hydrogen (secondary N) is 2. The van der Waals surface area contributed by atoms with Gasteiger partial charge in [-0.25, -0.2) is 0 Å². The summed E-state index contributed by atoms with van der Waals surface area (Å²) in [5.74, 6) is -0.353. The molecule has 2 aromatic carbocycles. The molecule has 0 aliphatic carbocycles. The zero-order chi connectivity index (χ0) is 17.7. The molecule has 5 heteroatoms. The van der Waals surface area contributed by atoms with Gasteiger partial charge < -0.3 is 10.6 Å². The third kappa shape index (κ3) is 4.36. The molecule has 0 heterocycles. The molecule has 0 bridgehead atoms. The van der Waals surface area contributed by atoms with Crippen LogP contribution in [-0.2, 0) is 4.79 Å². The summed E-state index contributed by atoms with van der Waals surface area (Å²) in [4.78, 5) is 24.3. The van der Waals surface area contributed by atoms with Crippen LogP contribution in [0, 0.1) is 6.92 Å². The second-order valence-corrected chi connectivity index (χ2v) is 6.31. The largest absolute Gasteiger partial charge is 0.343 e. The standard InChI is InChI=1S/C19H21ClN2O2/c1-12(2)14-9-6-7-13(3)18(14)22-17(23)11-21-19(24)15-8-4-5-10-16(15)20/h4-10,12H,11H2,1-3H3,(H,21,24)(H,22,23). The maximum Gasteiger partial charge on any atom is 0.253 e. The van der Waals surface area contributed by atoms with Gasteiger partial charge in [0.1, 0.15) is 0 Å². The number of para-hydroxylation sites is 1. The van der Waals surface area contributed by atoms with Gasteiger partial charge in [-0.15, -0.1) is 0 Å². The molecule has 0 radical (unpaired) electrons. The van der Waals surface area contributed by atoms with Crippen molar-refractivity contribution in [2.75, 3.05) is 11.9 Å². The van der Waals surface area contributed by atoms with Crippen molar-refractivity contribution >= 4 is 29.1 Å². The molecule has 126 valence electrons. The van der Waals surface area contributed by atoms with E-state index in [0.717, 1.165) is 16.8 Å². The van der Waals surface area contributed by atoms with E-state index in [1.807, 2.05) is 25.1 Å². The van der Waals surface area contributed by atoms with Crippen LogP contribution < -0.4 is 10.6 Å². The average Bonchev–Trinajstić information content (AvgIpc) is 2.54. The SMILES string of the molecule is Cc1cccc(C(C)C)c1NC(=O)CNC(=O)c1ccccc1Cl. The fourth-order valence-corrected chi connectivity index (χ4v) is 2.65. The van der Waals surface area contributed by atoms with E-state index >= 15 is 0 Å². The number of benzene rings is 2. The van der Waals surface area contributed by atoms with E-state index < -0.39 is 0 Å². The highest BCUT2D eigenvalue weighted by atomic mass is 35.5. The van der Waals surface area contributed by atoms with Crippen molar-refractivity contribution in [2.24, 2.45) is 0 Å². The number of hydrogen-bond donors (Lipinski definition) is 2. The maximum absolute atomic E-state index is 12.2.